The highest BCUT2D eigenvalue weighted by Crippen LogP contribution is 2.34. The first kappa shape index (κ1) is 29.4. The Morgan fingerprint density at radius 1 is 0.675 bits per heavy atom. The SMILES string of the molecule is CCCCOc1cc(F)c(CCc2ccc3c(F)c(CCc4cc(F)c(C(F)(F)F)c(F)c4)ccc3c2)c(F)c1. The summed E-state index contributed by atoms with van der Waals surface area (Å²) in [6, 6.07) is 11.6. The minimum absolute atomic E-state index is 0.00444. The smallest absolute Gasteiger partial charge is 0.422 e. The van der Waals surface area contributed by atoms with E-state index in [9.17, 15) is 30.7 Å². The molecule has 0 saturated heterocycles. The van der Waals surface area contributed by atoms with Crippen molar-refractivity contribution in [2.75, 3.05) is 6.61 Å². The van der Waals surface area contributed by atoms with E-state index in [0.717, 1.165) is 18.4 Å². The molecule has 0 fully saturated rings. The lowest BCUT2D eigenvalue weighted by molar-refractivity contribution is -0.142. The van der Waals surface area contributed by atoms with Gasteiger partial charge in [0, 0.05) is 23.1 Å². The van der Waals surface area contributed by atoms with Crippen LogP contribution in [0.3, 0.4) is 0 Å². The second-order valence-electron chi connectivity index (χ2n) is 9.59. The lowest BCUT2D eigenvalue weighted by atomic mass is 9.96. The summed E-state index contributed by atoms with van der Waals surface area (Å²) < 4.78 is 116. The lowest BCUT2D eigenvalue weighted by Crippen LogP contribution is -2.12. The fraction of sp³-hybridized carbons (Fsp3) is 0.290. The predicted octanol–water partition coefficient (Wildman–Crippen LogP) is 9.30. The quantitative estimate of drug-likeness (QED) is 0.137. The Bertz CT molecular complexity index is 1460. The Balaban J connectivity index is 1.45. The maximum atomic E-state index is 15.2. The highest BCUT2D eigenvalue weighted by atomic mass is 19.4. The second kappa shape index (κ2) is 12.3. The third-order valence-electron chi connectivity index (χ3n) is 6.71. The minimum Gasteiger partial charge on any atom is -0.493 e. The monoisotopic (exact) mass is 566 g/mol. The Kier molecular flexibility index (Phi) is 9.01. The molecular formula is C31H26F8O. The van der Waals surface area contributed by atoms with Gasteiger partial charge in [-0.1, -0.05) is 43.7 Å². The van der Waals surface area contributed by atoms with Crippen LogP contribution < -0.4 is 4.74 Å². The van der Waals surface area contributed by atoms with Crippen molar-refractivity contribution < 1.29 is 39.9 Å². The van der Waals surface area contributed by atoms with Crippen molar-refractivity contribution in [2.24, 2.45) is 0 Å². The van der Waals surface area contributed by atoms with Gasteiger partial charge in [0.2, 0.25) is 0 Å². The molecule has 0 unspecified atom stereocenters. The van der Waals surface area contributed by atoms with E-state index in [1.165, 1.54) is 18.2 Å². The van der Waals surface area contributed by atoms with Crippen LogP contribution in [0.15, 0.2) is 54.6 Å². The van der Waals surface area contributed by atoms with Gasteiger partial charge < -0.3 is 4.74 Å². The van der Waals surface area contributed by atoms with E-state index in [1.54, 1.807) is 24.3 Å². The van der Waals surface area contributed by atoms with Crippen molar-refractivity contribution in [1.29, 1.82) is 0 Å². The third-order valence-corrected chi connectivity index (χ3v) is 6.71. The summed E-state index contributed by atoms with van der Waals surface area (Å²) in [6.07, 6.45) is -3.19. The number of hydrogen-bond acceptors (Lipinski definition) is 1. The Labute approximate surface area is 226 Å². The van der Waals surface area contributed by atoms with Gasteiger partial charge in [0.05, 0.1) is 6.61 Å². The molecule has 0 aliphatic rings. The number of rotatable bonds is 10. The van der Waals surface area contributed by atoms with Crippen molar-refractivity contribution in [2.45, 2.75) is 51.6 Å². The molecule has 9 heteroatoms. The highest BCUT2D eigenvalue weighted by molar-refractivity contribution is 5.84. The summed E-state index contributed by atoms with van der Waals surface area (Å²) in [5, 5.41) is 0.822. The Hall–Kier alpha value is -3.62. The van der Waals surface area contributed by atoms with Gasteiger partial charge in [0.25, 0.3) is 0 Å². The predicted molar refractivity (Wildman–Crippen MR) is 137 cm³/mol. The number of unbranched alkanes of at least 4 members (excludes halogenated alkanes) is 1. The summed E-state index contributed by atoms with van der Waals surface area (Å²) in [7, 11) is 0. The first-order valence-corrected chi connectivity index (χ1v) is 12.8. The molecule has 4 rings (SSSR count). The molecule has 0 amide bonds. The molecule has 1 nitrogen and oxygen atoms in total. The van der Waals surface area contributed by atoms with E-state index in [4.69, 9.17) is 4.74 Å². The molecule has 4 aromatic rings. The van der Waals surface area contributed by atoms with Gasteiger partial charge in [-0.05, 0) is 66.3 Å². The summed E-state index contributed by atoms with van der Waals surface area (Å²) in [4.78, 5) is 0. The molecule has 0 N–H and O–H groups in total. The summed E-state index contributed by atoms with van der Waals surface area (Å²) in [6.45, 7) is 2.35. The molecule has 0 bridgehead atoms. The fourth-order valence-electron chi connectivity index (χ4n) is 4.56. The number of fused-ring (bicyclic) bond motifs is 1. The molecule has 0 heterocycles. The number of hydrogen-bond donors (Lipinski definition) is 0. The Morgan fingerprint density at radius 2 is 1.32 bits per heavy atom. The standard InChI is InChI=1S/C31H26F8O/c1-2-3-12-40-22-16-25(32)24(26(33)17-22)11-6-18-5-10-23-21(13-18)9-8-20(30(23)36)7-4-19-14-27(34)29(28(35)15-19)31(37,38)39/h5,8-10,13-17H,2-4,6-7,11-12H2,1H3. The molecule has 0 aliphatic carbocycles. The second-order valence-corrected chi connectivity index (χ2v) is 9.59. The van der Waals surface area contributed by atoms with Crippen LogP contribution in [0.1, 0.15) is 47.6 Å². The van der Waals surface area contributed by atoms with Crippen molar-refractivity contribution in [3.63, 3.8) is 0 Å². The number of alkyl halides is 3. The zero-order valence-electron chi connectivity index (χ0n) is 21.6. The summed E-state index contributed by atoms with van der Waals surface area (Å²) in [5.41, 5.74) is -1.09. The third kappa shape index (κ3) is 6.74. The number of benzene rings is 4. The van der Waals surface area contributed by atoms with Crippen LogP contribution in [-0.4, -0.2) is 6.61 Å². The largest absolute Gasteiger partial charge is 0.493 e. The van der Waals surface area contributed by atoms with E-state index in [1.807, 2.05) is 6.92 Å². The molecule has 0 atom stereocenters. The first-order valence-electron chi connectivity index (χ1n) is 12.8. The molecule has 4 aromatic carbocycles. The number of halogens is 8. The van der Waals surface area contributed by atoms with Gasteiger partial charge in [-0.15, -0.1) is 0 Å². The van der Waals surface area contributed by atoms with Crippen molar-refractivity contribution in [3.8, 4) is 5.75 Å². The van der Waals surface area contributed by atoms with Crippen LogP contribution in [0.2, 0.25) is 0 Å². The van der Waals surface area contributed by atoms with Gasteiger partial charge in [-0.3, -0.25) is 0 Å². The van der Waals surface area contributed by atoms with Crippen LogP contribution in [0.25, 0.3) is 10.8 Å². The molecule has 0 aliphatic heterocycles. The summed E-state index contributed by atoms with van der Waals surface area (Å²) in [5.74, 6) is -5.26. The van der Waals surface area contributed by atoms with E-state index < -0.39 is 40.8 Å². The number of ether oxygens (including phenoxy) is 1. The maximum Gasteiger partial charge on any atom is 0.422 e. The van der Waals surface area contributed by atoms with Gasteiger partial charge >= 0.3 is 6.18 Å². The molecule has 0 aromatic heterocycles. The molecule has 212 valence electrons. The molecule has 0 saturated carbocycles. The Morgan fingerprint density at radius 3 is 1.95 bits per heavy atom. The van der Waals surface area contributed by atoms with Crippen molar-refractivity contribution in [3.05, 3.63) is 112 Å². The van der Waals surface area contributed by atoms with Gasteiger partial charge in [0.1, 0.15) is 40.4 Å². The maximum absolute atomic E-state index is 15.2. The van der Waals surface area contributed by atoms with Gasteiger partial charge in [0.15, 0.2) is 0 Å². The van der Waals surface area contributed by atoms with E-state index in [-0.39, 0.29) is 47.1 Å². The zero-order valence-corrected chi connectivity index (χ0v) is 21.6. The highest BCUT2D eigenvalue weighted by Gasteiger charge is 2.37. The fourth-order valence-corrected chi connectivity index (χ4v) is 4.56. The van der Waals surface area contributed by atoms with Crippen molar-refractivity contribution >= 4 is 10.8 Å². The van der Waals surface area contributed by atoms with Crippen LogP contribution in [-0.2, 0) is 31.9 Å². The normalized spacial score (nSPS) is 11.8. The molecule has 0 spiro atoms. The molecule has 40 heavy (non-hydrogen) atoms. The first-order chi connectivity index (χ1) is 19.0. The van der Waals surface area contributed by atoms with E-state index >= 15 is 4.39 Å². The van der Waals surface area contributed by atoms with Crippen molar-refractivity contribution in [1.82, 2.24) is 0 Å². The lowest BCUT2D eigenvalue weighted by Gasteiger charge is -2.12. The summed E-state index contributed by atoms with van der Waals surface area (Å²) >= 11 is 0. The average Bonchev–Trinajstić information content (AvgIpc) is 2.87. The van der Waals surface area contributed by atoms with E-state index in [0.29, 0.717) is 30.5 Å². The van der Waals surface area contributed by atoms with Gasteiger partial charge in [-0.25, -0.2) is 22.0 Å². The average molecular weight is 567 g/mol. The number of aryl methyl sites for hydroxylation is 3. The van der Waals surface area contributed by atoms with Crippen LogP contribution >= 0.6 is 0 Å². The van der Waals surface area contributed by atoms with Gasteiger partial charge in [-0.2, -0.15) is 13.2 Å². The topological polar surface area (TPSA) is 9.23 Å². The molecular weight excluding hydrogens is 540 g/mol. The van der Waals surface area contributed by atoms with Crippen LogP contribution in [0, 0.1) is 29.1 Å². The molecule has 0 radical (unpaired) electrons. The zero-order chi connectivity index (χ0) is 29.0. The van der Waals surface area contributed by atoms with Crippen LogP contribution in [0.4, 0.5) is 35.1 Å². The minimum atomic E-state index is -5.16. The van der Waals surface area contributed by atoms with Crippen LogP contribution in [0.5, 0.6) is 5.75 Å². The van der Waals surface area contributed by atoms with E-state index in [2.05, 4.69) is 0 Å².